The molecule has 0 saturated carbocycles. The van der Waals surface area contributed by atoms with Crippen molar-refractivity contribution >= 4 is 11.8 Å². The highest BCUT2D eigenvalue weighted by atomic mass is 19.1. The van der Waals surface area contributed by atoms with Crippen molar-refractivity contribution in [1.82, 2.24) is 0 Å². The highest BCUT2D eigenvalue weighted by Crippen LogP contribution is 2.29. The van der Waals surface area contributed by atoms with Crippen LogP contribution in [-0.4, -0.2) is 25.5 Å². The lowest BCUT2D eigenvalue weighted by Crippen LogP contribution is -2.14. The maximum atomic E-state index is 13.2. The molecule has 0 atom stereocenters. The first-order chi connectivity index (χ1) is 14.1. The van der Waals surface area contributed by atoms with Crippen molar-refractivity contribution in [1.29, 1.82) is 0 Å². The summed E-state index contributed by atoms with van der Waals surface area (Å²) in [7, 11) is 1.47. The molecule has 3 aromatic rings. The molecule has 3 rings (SSSR count). The molecule has 3 aromatic carbocycles. The van der Waals surface area contributed by atoms with E-state index >= 15 is 0 Å². The van der Waals surface area contributed by atoms with Gasteiger partial charge >= 0.3 is 5.97 Å². The lowest BCUT2D eigenvalue weighted by molar-refractivity contribution is 0.0474. The van der Waals surface area contributed by atoms with E-state index in [0.29, 0.717) is 18.1 Å². The third-order valence-corrected chi connectivity index (χ3v) is 4.12. The summed E-state index contributed by atoms with van der Waals surface area (Å²) in [6.07, 6.45) is 0. The number of esters is 1. The number of methoxy groups -OCH3 is 1. The summed E-state index contributed by atoms with van der Waals surface area (Å²) in [4.78, 5) is 24.3. The van der Waals surface area contributed by atoms with Crippen LogP contribution in [-0.2, 0) is 11.3 Å². The van der Waals surface area contributed by atoms with Gasteiger partial charge in [0, 0.05) is 5.56 Å². The van der Waals surface area contributed by atoms with Crippen molar-refractivity contribution in [3.05, 3.63) is 95.3 Å². The van der Waals surface area contributed by atoms with Crippen LogP contribution >= 0.6 is 0 Å². The second kappa shape index (κ2) is 9.50. The van der Waals surface area contributed by atoms with Crippen LogP contribution in [0, 0.1) is 5.82 Å². The molecule has 6 heteroatoms. The summed E-state index contributed by atoms with van der Waals surface area (Å²) >= 11 is 0. The van der Waals surface area contributed by atoms with Crippen LogP contribution in [0.1, 0.15) is 26.3 Å². The van der Waals surface area contributed by atoms with Crippen molar-refractivity contribution in [2.45, 2.75) is 6.61 Å². The Hall–Kier alpha value is -3.67. The molecule has 148 valence electrons. The van der Waals surface area contributed by atoms with Gasteiger partial charge in [0.05, 0.1) is 12.7 Å². The second-order valence-electron chi connectivity index (χ2n) is 6.15. The van der Waals surface area contributed by atoms with Gasteiger partial charge in [-0.15, -0.1) is 0 Å². The van der Waals surface area contributed by atoms with Gasteiger partial charge < -0.3 is 14.2 Å². The Morgan fingerprint density at radius 2 is 1.66 bits per heavy atom. The van der Waals surface area contributed by atoms with Crippen LogP contribution in [0.5, 0.6) is 11.5 Å². The molecule has 0 unspecified atom stereocenters. The molecule has 0 aliphatic carbocycles. The molecule has 29 heavy (non-hydrogen) atoms. The van der Waals surface area contributed by atoms with Crippen molar-refractivity contribution in [3.63, 3.8) is 0 Å². The van der Waals surface area contributed by atoms with Gasteiger partial charge in [0.1, 0.15) is 12.4 Å². The number of carbonyl (C=O) groups excluding carboxylic acids is 2. The van der Waals surface area contributed by atoms with Crippen molar-refractivity contribution < 1.29 is 28.2 Å². The van der Waals surface area contributed by atoms with E-state index in [9.17, 15) is 14.0 Å². The van der Waals surface area contributed by atoms with Gasteiger partial charge in [0.25, 0.3) is 0 Å². The van der Waals surface area contributed by atoms with Gasteiger partial charge in [0.15, 0.2) is 23.9 Å². The first-order valence-electron chi connectivity index (χ1n) is 8.87. The molecule has 0 spiro atoms. The smallest absolute Gasteiger partial charge is 0.338 e. The highest BCUT2D eigenvalue weighted by molar-refractivity contribution is 5.99. The van der Waals surface area contributed by atoms with E-state index in [0.717, 1.165) is 11.6 Å². The standard InChI is InChI=1S/C23H19FO5/c1-27-22-13-18(10-11-21(22)28-14-16-6-3-2-4-7-16)23(26)29-15-20(25)17-8-5-9-19(24)12-17/h2-13H,14-15H2,1H3. The number of halogens is 1. The highest BCUT2D eigenvalue weighted by Gasteiger charge is 2.15. The number of carbonyl (C=O) groups is 2. The minimum atomic E-state index is -0.692. The number of hydrogen-bond acceptors (Lipinski definition) is 5. The Kier molecular flexibility index (Phi) is 6.58. The Labute approximate surface area is 167 Å². The summed E-state index contributed by atoms with van der Waals surface area (Å²) in [6, 6.07) is 19.4. The maximum Gasteiger partial charge on any atom is 0.338 e. The van der Waals surface area contributed by atoms with E-state index in [-0.39, 0.29) is 11.1 Å². The molecule has 0 fully saturated rings. The second-order valence-corrected chi connectivity index (χ2v) is 6.15. The first kappa shape index (κ1) is 20.1. The zero-order chi connectivity index (χ0) is 20.6. The first-order valence-corrected chi connectivity index (χ1v) is 8.87. The number of ketones is 1. The van der Waals surface area contributed by atoms with Crippen LogP contribution in [0.3, 0.4) is 0 Å². The Bertz CT molecular complexity index is 1000. The zero-order valence-electron chi connectivity index (χ0n) is 15.8. The third kappa shape index (κ3) is 5.42. The fourth-order valence-electron chi connectivity index (χ4n) is 2.61. The Balaban J connectivity index is 1.62. The summed E-state index contributed by atoms with van der Waals surface area (Å²) in [5.41, 5.74) is 1.34. The molecular weight excluding hydrogens is 375 g/mol. The van der Waals surface area contributed by atoms with Crippen molar-refractivity contribution in [3.8, 4) is 11.5 Å². The molecule has 0 heterocycles. The van der Waals surface area contributed by atoms with Crippen LogP contribution in [0.2, 0.25) is 0 Å². The minimum absolute atomic E-state index is 0.139. The summed E-state index contributed by atoms with van der Waals surface area (Å²) in [6.45, 7) is -0.139. The van der Waals surface area contributed by atoms with Gasteiger partial charge in [-0.2, -0.15) is 0 Å². The van der Waals surface area contributed by atoms with E-state index in [1.54, 1.807) is 6.07 Å². The molecule has 0 saturated heterocycles. The van der Waals surface area contributed by atoms with E-state index in [4.69, 9.17) is 14.2 Å². The number of rotatable bonds is 8. The van der Waals surface area contributed by atoms with Crippen LogP contribution in [0.25, 0.3) is 0 Å². The van der Waals surface area contributed by atoms with Crippen LogP contribution < -0.4 is 9.47 Å². The molecule has 5 nitrogen and oxygen atoms in total. The lowest BCUT2D eigenvalue weighted by atomic mass is 10.1. The molecule has 0 aromatic heterocycles. The number of benzene rings is 3. The SMILES string of the molecule is COc1cc(C(=O)OCC(=O)c2cccc(F)c2)ccc1OCc1ccccc1. The maximum absolute atomic E-state index is 13.2. The average molecular weight is 394 g/mol. The monoisotopic (exact) mass is 394 g/mol. The van der Waals surface area contributed by atoms with Crippen LogP contribution in [0.4, 0.5) is 4.39 Å². The Morgan fingerprint density at radius 1 is 0.862 bits per heavy atom. The minimum Gasteiger partial charge on any atom is -0.493 e. The van der Waals surface area contributed by atoms with E-state index < -0.39 is 24.2 Å². The third-order valence-electron chi connectivity index (χ3n) is 4.12. The van der Waals surface area contributed by atoms with Crippen molar-refractivity contribution in [2.75, 3.05) is 13.7 Å². The molecule has 0 amide bonds. The topological polar surface area (TPSA) is 61.8 Å². The fourth-order valence-corrected chi connectivity index (χ4v) is 2.61. The molecular formula is C23H19FO5. The zero-order valence-corrected chi connectivity index (χ0v) is 15.8. The normalized spacial score (nSPS) is 10.3. The van der Waals surface area contributed by atoms with Crippen molar-refractivity contribution in [2.24, 2.45) is 0 Å². The number of ether oxygens (including phenoxy) is 3. The molecule has 0 N–H and O–H groups in total. The van der Waals surface area contributed by atoms with Gasteiger partial charge in [-0.05, 0) is 35.9 Å². The van der Waals surface area contributed by atoms with Crippen LogP contribution in [0.15, 0.2) is 72.8 Å². The van der Waals surface area contributed by atoms with Gasteiger partial charge in [-0.3, -0.25) is 4.79 Å². The largest absolute Gasteiger partial charge is 0.493 e. The van der Waals surface area contributed by atoms with Gasteiger partial charge in [-0.1, -0.05) is 42.5 Å². The quantitative estimate of drug-likeness (QED) is 0.417. The predicted octanol–water partition coefficient (Wildman–Crippen LogP) is 4.45. The predicted molar refractivity (Wildman–Crippen MR) is 105 cm³/mol. The number of Topliss-reactive ketones (excluding diaryl/α,β-unsaturated/α-hetero) is 1. The Morgan fingerprint density at radius 3 is 2.38 bits per heavy atom. The van der Waals surface area contributed by atoms with E-state index in [2.05, 4.69) is 0 Å². The summed E-state index contributed by atoms with van der Waals surface area (Å²) in [5, 5.41) is 0. The molecule has 0 radical (unpaired) electrons. The van der Waals surface area contributed by atoms with E-state index in [1.807, 2.05) is 30.3 Å². The van der Waals surface area contributed by atoms with Gasteiger partial charge in [-0.25, -0.2) is 9.18 Å². The molecule has 0 aliphatic rings. The summed E-state index contributed by atoms with van der Waals surface area (Å²) < 4.78 is 29.3. The van der Waals surface area contributed by atoms with E-state index in [1.165, 1.54) is 37.4 Å². The fraction of sp³-hybridized carbons (Fsp3) is 0.130. The number of hydrogen-bond donors (Lipinski definition) is 0. The molecule has 0 bridgehead atoms. The lowest BCUT2D eigenvalue weighted by Gasteiger charge is -2.12. The van der Waals surface area contributed by atoms with Gasteiger partial charge in [0.2, 0.25) is 0 Å². The molecule has 0 aliphatic heterocycles. The summed E-state index contributed by atoms with van der Waals surface area (Å²) in [5.74, 6) is -0.871. The average Bonchev–Trinajstić information content (AvgIpc) is 2.76.